The van der Waals surface area contributed by atoms with E-state index in [0.717, 1.165) is 0 Å². The van der Waals surface area contributed by atoms with Crippen LogP contribution in [0.3, 0.4) is 0 Å². The van der Waals surface area contributed by atoms with Gasteiger partial charge in [0.2, 0.25) is 0 Å². The second-order valence-electron chi connectivity index (χ2n) is 11.3. The van der Waals surface area contributed by atoms with Crippen molar-refractivity contribution in [1.29, 1.82) is 0 Å². The van der Waals surface area contributed by atoms with Gasteiger partial charge in [0, 0.05) is 18.3 Å². The van der Waals surface area contributed by atoms with Crippen LogP contribution in [0.1, 0.15) is 34.1 Å². The van der Waals surface area contributed by atoms with Crippen molar-refractivity contribution in [3.8, 4) is 0 Å². The van der Waals surface area contributed by atoms with Gasteiger partial charge < -0.3 is 69.6 Å². The molecule has 3 saturated heterocycles. The number of hydrogen-bond donors (Lipinski definition) is 9. The second kappa shape index (κ2) is 14.1. The minimum atomic E-state index is -1.65. The monoisotopic (exact) mass is 570 g/mol. The normalized spacial score (nSPS) is 47.2. The Morgan fingerprint density at radius 2 is 1.33 bits per heavy atom. The van der Waals surface area contributed by atoms with Gasteiger partial charge in [-0.15, -0.1) is 0 Å². The summed E-state index contributed by atoms with van der Waals surface area (Å²) >= 11 is 0. The minimum Gasteiger partial charge on any atom is -0.394 e. The molecule has 0 aromatic carbocycles. The van der Waals surface area contributed by atoms with E-state index in [9.17, 15) is 46.0 Å². The van der Waals surface area contributed by atoms with E-state index in [4.69, 9.17) is 23.7 Å². The van der Waals surface area contributed by atoms with Gasteiger partial charge in [-0.05, 0) is 5.92 Å². The Hall–Kier alpha value is -0.560. The highest BCUT2D eigenvalue weighted by Crippen LogP contribution is 2.36. The number of aliphatic hydroxyl groups excluding tert-OH is 9. The standard InChI is InChI=1S/C25H46O14/c1-9(2)21-11(4)23(18(32)14(7-27)35-21)39-25-20(34)24(19(33)15(8-28)36-25)38-16-5-12(29)10(3)22(37-16)17(31)13(30)6-26/h9-34H,5-8H2,1-4H3/t10-,11?,12-,13-,14?,15?,16-,17-,18+,19+,20?,21-,22?,23-,24+,25+/m1/s1. The predicted molar refractivity (Wildman–Crippen MR) is 131 cm³/mol. The molecule has 16 atom stereocenters. The Morgan fingerprint density at radius 1 is 0.744 bits per heavy atom. The van der Waals surface area contributed by atoms with Gasteiger partial charge in [0.15, 0.2) is 12.6 Å². The fraction of sp³-hybridized carbons (Fsp3) is 1.00. The zero-order valence-corrected chi connectivity index (χ0v) is 22.7. The van der Waals surface area contributed by atoms with E-state index >= 15 is 0 Å². The van der Waals surface area contributed by atoms with E-state index in [-0.39, 0.29) is 18.4 Å². The summed E-state index contributed by atoms with van der Waals surface area (Å²) in [5.74, 6) is -1.02. The van der Waals surface area contributed by atoms with Crippen LogP contribution in [0.25, 0.3) is 0 Å². The van der Waals surface area contributed by atoms with Crippen LogP contribution in [0, 0.1) is 17.8 Å². The lowest BCUT2D eigenvalue weighted by Crippen LogP contribution is -2.64. The number of aliphatic hydroxyl groups is 9. The van der Waals surface area contributed by atoms with Crippen LogP contribution in [-0.2, 0) is 23.7 Å². The largest absolute Gasteiger partial charge is 0.394 e. The molecule has 3 heterocycles. The summed E-state index contributed by atoms with van der Waals surface area (Å²) in [5, 5.41) is 92.3. The number of hydrogen-bond acceptors (Lipinski definition) is 14. The van der Waals surface area contributed by atoms with Crippen LogP contribution < -0.4 is 0 Å². The molecule has 3 fully saturated rings. The zero-order valence-electron chi connectivity index (χ0n) is 22.7. The molecule has 0 spiro atoms. The molecule has 0 radical (unpaired) electrons. The molecule has 9 N–H and O–H groups in total. The first-order valence-corrected chi connectivity index (χ1v) is 13.5. The Kier molecular flexibility index (Phi) is 11.9. The third kappa shape index (κ3) is 7.09. The Balaban J connectivity index is 1.79. The molecule has 0 saturated carbocycles. The van der Waals surface area contributed by atoms with Gasteiger partial charge >= 0.3 is 0 Å². The highest BCUT2D eigenvalue weighted by molar-refractivity contribution is 4.96. The van der Waals surface area contributed by atoms with Crippen LogP contribution in [0.15, 0.2) is 0 Å². The first-order chi connectivity index (χ1) is 18.4. The molecule has 3 rings (SSSR count). The van der Waals surface area contributed by atoms with Gasteiger partial charge in [-0.25, -0.2) is 0 Å². The van der Waals surface area contributed by atoms with Crippen LogP contribution in [0.5, 0.6) is 0 Å². The van der Waals surface area contributed by atoms with Crippen molar-refractivity contribution in [2.75, 3.05) is 19.8 Å². The van der Waals surface area contributed by atoms with Gasteiger partial charge in [0.1, 0.15) is 48.8 Å². The summed E-state index contributed by atoms with van der Waals surface area (Å²) in [6.07, 6.45) is -17.6. The molecule has 0 amide bonds. The van der Waals surface area contributed by atoms with Gasteiger partial charge in [0.25, 0.3) is 0 Å². The van der Waals surface area contributed by atoms with Crippen molar-refractivity contribution in [2.24, 2.45) is 17.8 Å². The van der Waals surface area contributed by atoms with E-state index in [1.54, 1.807) is 13.8 Å². The van der Waals surface area contributed by atoms with Crippen molar-refractivity contribution >= 4 is 0 Å². The maximum absolute atomic E-state index is 11.1. The Bertz CT molecular complexity index is 744. The highest BCUT2D eigenvalue weighted by Gasteiger charge is 2.52. The summed E-state index contributed by atoms with van der Waals surface area (Å²) in [6, 6.07) is 0. The maximum Gasteiger partial charge on any atom is 0.187 e. The van der Waals surface area contributed by atoms with E-state index in [1.807, 2.05) is 13.8 Å². The van der Waals surface area contributed by atoms with Crippen molar-refractivity contribution in [3.63, 3.8) is 0 Å². The van der Waals surface area contributed by atoms with E-state index in [2.05, 4.69) is 0 Å². The first-order valence-electron chi connectivity index (χ1n) is 13.5. The fourth-order valence-electron chi connectivity index (χ4n) is 5.68. The molecule has 0 aliphatic carbocycles. The zero-order chi connectivity index (χ0) is 29.2. The average molecular weight is 571 g/mol. The number of ether oxygens (including phenoxy) is 5. The van der Waals surface area contributed by atoms with Crippen LogP contribution in [-0.4, -0.2) is 152 Å². The minimum absolute atomic E-state index is 0.0119. The maximum atomic E-state index is 11.1. The lowest BCUT2D eigenvalue weighted by atomic mass is 9.83. The fourth-order valence-corrected chi connectivity index (χ4v) is 5.68. The van der Waals surface area contributed by atoms with Crippen molar-refractivity contribution < 1.29 is 69.6 Å². The van der Waals surface area contributed by atoms with Gasteiger partial charge in [-0.1, -0.05) is 27.7 Å². The van der Waals surface area contributed by atoms with Crippen LogP contribution >= 0.6 is 0 Å². The predicted octanol–water partition coefficient (Wildman–Crippen LogP) is -3.57. The van der Waals surface area contributed by atoms with Gasteiger partial charge in [-0.3, -0.25) is 0 Å². The van der Waals surface area contributed by atoms with Crippen molar-refractivity contribution in [1.82, 2.24) is 0 Å². The van der Waals surface area contributed by atoms with Gasteiger partial charge in [0.05, 0.1) is 44.2 Å². The van der Waals surface area contributed by atoms with Crippen LogP contribution in [0.2, 0.25) is 0 Å². The lowest BCUT2D eigenvalue weighted by molar-refractivity contribution is -0.362. The smallest absolute Gasteiger partial charge is 0.187 e. The molecule has 5 unspecified atom stereocenters. The summed E-state index contributed by atoms with van der Waals surface area (Å²) in [5.41, 5.74) is 0. The summed E-state index contributed by atoms with van der Waals surface area (Å²) in [7, 11) is 0. The first kappa shape index (κ1) is 32.9. The molecule has 230 valence electrons. The van der Waals surface area contributed by atoms with E-state index in [0.29, 0.717) is 0 Å². The molecule has 39 heavy (non-hydrogen) atoms. The molecule has 0 bridgehead atoms. The highest BCUT2D eigenvalue weighted by atomic mass is 16.7. The molecule has 3 aliphatic heterocycles. The number of rotatable bonds is 10. The Labute approximate surface area is 227 Å². The van der Waals surface area contributed by atoms with E-state index < -0.39 is 111 Å². The average Bonchev–Trinajstić information content (AvgIpc) is 2.90. The van der Waals surface area contributed by atoms with Crippen LogP contribution in [0.4, 0.5) is 0 Å². The third-order valence-corrected chi connectivity index (χ3v) is 8.13. The molecule has 3 aliphatic rings. The second-order valence-corrected chi connectivity index (χ2v) is 11.3. The summed E-state index contributed by atoms with van der Waals surface area (Å²) in [6.45, 7) is 5.35. The summed E-state index contributed by atoms with van der Waals surface area (Å²) in [4.78, 5) is 0. The van der Waals surface area contributed by atoms with Gasteiger partial charge in [-0.2, -0.15) is 0 Å². The molecule has 14 heteroatoms. The quantitative estimate of drug-likeness (QED) is 0.124. The van der Waals surface area contributed by atoms with Crippen molar-refractivity contribution in [3.05, 3.63) is 0 Å². The SMILES string of the molecule is CC(C)[C@H]1OC(CO)[C@H](O)[C@H](O[C@@H]2OC(CO)[C@H](O)[C@H](O[C@@H]3C[C@@H](O)[C@@H](C)C([C@H](O)[C@H](O)CO)O3)C2O)C1C. The molecule has 0 aromatic heterocycles. The van der Waals surface area contributed by atoms with E-state index in [1.165, 1.54) is 0 Å². The Morgan fingerprint density at radius 3 is 1.90 bits per heavy atom. The molecule has 0 aromatic rings. The molecular formula is C25H46O14. The van der Waals surface area contributed by atoms with Crippen molar-refractivity contribution in [2.45, 2.75) is 120 Å². The topological polar surface area (TPSA) is 228 Å². The lowest BCUT2D eigenvalue weighted by Gasteiger charge is -2.49. The molecule has 14 nitrogen and oxygen atoms in total. The molecular weight excluding hydrogens is 524 g/mol. The summed E-state index contributed by atoms with van der Waals surface area (Å²) < 4.78 is 29.1. The third-order valence-electron chi connectivity index (χ3n) is 8.13.